The number of likely N-dealkylation sites (tertiary alicyclic amines) is 1. The van der Waals surface area contributed by atoms with E-state index in [1.165, 1.54) is 48.0 Å². The quantitative estimate of drug-likeness (QED) is 0.688. The van der Waals surface area contributed by atoms with Crippen LogP contribution < -0.4 is 10.1 Å². The van der Waals surface area contributed by atoms with Crippen LogP contribution in [-0.2, 0) is 12.8 Å². The van der Waals surface area contributed by atoms with Crippen LogP contribution in [0.3, 0.4) is 0 Å². The standard InChI is InChI=1S/C24H35N3O/c1-16(2)25-24-21-13-17(3)12-19(21)20-14-18(4)23(15-22(20)26-24)28-11-7-10-27-8-5-6-9-27/h14-17H,5-13H2,1-4H3,(H,25,26). The van der Waals surface area contributed by atoms with E-state index in [1.807, 2.05) is 0 Å². The van der Waals surface area contributed by atoms with Crippen molar-refractivity contribution >= 4 is 16.7 Å². The molecule has 1 unspecified atom stereocenters. The molecule has 0 bridgehead atoms. The number of hydrogen-bond acceptors (Lipinski definition) is 4. The summed E-state index contributed by atoms with van der Waals surface area (Å²) >= 11 is 0. The molecule has 0 amide bonds. The molecule has 1 fully saturated rings. The van der Waals surface area contributed by atoms with E-state index in [4.69, 9.17) is 9.72 Å². The number of pyridine rings is 1. The number of hydrogen-bond donors (Lipinski definition) is 1. The summed E-state index contributed by atoms with van der Waals surface area (Å²) in [6.07, 6.45) is 6.07. The third-order valence-corrected chi connectivity index (χ3v) is 6.11. The summed E-state index contributed by atoms with van der Waals surface area (Å²) in [5, 5.41) is 4.89. The lowest BCUT2D eigenvalue weighted by Crippen LogP contribution is -2.22. The molecule has 1 aliphatic carbocycles. The van der Waals surface area contributed by atoms with Crippen molar-refractivity contribution in [2.24, 2.45) is 5.92 Å². The number of nitrogens with one attached hydrogen (secondary N) is 1. The van der Waals surface area contributed by atoms with Crippen molar-refractivity contribution in [1.82, 2.24) is 9.88 Å². The smallest absolute Gasteiger partial charge is 0.130 e. The van der Waals surface area contributed by atoms with Gasteiger partial charge in [0.1, 0.15) is 11.6 Å². The summed E-state index contributed by atoms with van der Waals surface area (Å²) in [7, 11) is 0. The Labute approximate surface area is 169 Å². The Balaban J connectivity index is 1.55. The Morgan fingerprint density at radius 3 is 2.68 bits per heavy atom. The molecule has 0 radical (unpaired) electrons. The van der Waals surface area contributed by atoms with Gasteiger partial charge < -0.3 is 15.0 Å². The Morgan fingerprint density at radius 2 is 1.93 bits per heavy atom. The molecule has 2 aliphatic rings. The Morgan fingerprint density at radius 1 is 1.18 bits per heavy atom. The van der Waals surface area contributed by atoms with Gasteiger partial charge in [-0.3, -0.25) is 0 Å². The third kappa shape index (κ3) is 4.12. The van der Waals surface area contributed by atoms with E-state index in [2.05, 4.69) is 50.0 Å². The van der Waals surface area contributed by atoms with E-state index in [-0.39, 0.29) is 0 Å². The molecule has 1 saturated heterocycles. The first-order valence-electron chi connectivity index (χ1n) is 11.1. The second-order valence-electron chi connectivity index (χ2n) is 9.12. The first-order chi connectivity index (χ1) is 13.5. The summed E-state index contributed by atoms with van der Waals surface area (Å²) < 4.78 is 6.18. The number of nitrogens with zero attached hydrogens (tertiary/aromatic N) is 2. The molecule has 152 valence electrons. The van der Waals surface area contributed by atoms with Gasteiger partial charge in [-0.25, -0.2) is 4.98 Å². The molecule has 4 heteroatoms. The van der Waals surface area contributed by atoms with Gasteiger partial charge in [0.15, 0.2) is 0 Å². The van der Waals surface area contributed by atoms with Crippen LogP contribution in [0.15, 0.2) is 12.1 Å². The molecule has 1 aromatic carbocycles. The molecule has 2 aromatic rings. The van der Waals surface area contributed by atoms with Crippen LogP contribution in [0.2, 0.25) is 0 Å². The van der Waals surface area contributed by atoms with Gasteiger partial charge in [-0.15, -0.1) is 0 Å². The van der Waals surface area contributed by atoms with Crippen LogP contribution in [0.25, 0.3) is 10.9 Å². The average Bonchev–Trinajstić information content (AvgIpc) is 3.29. The maximum atomic E-state index is 6.18. The number of benzene rings is 1. The fourth-order valence-corrected chi connectivity index (χ4v) is 4.75. The van der Waals surface area contributed by atoms with E-state index >= 15 is 0 Å². The average molecular weight is 382 g/mol. The number of aromatic nitrogens is 1. The minimum absolute atomic E-state index is 0.386. The monoisotopic (exact) mass is 381 g/mol. The van der Waals surface area contributed by atoms with Crippen LogP contribution >= 0.6 is 0 Å². The molecular formula is C24H35N3O. The van der Waals surface area contributed by atoms with E-state index in [0.29, 0.717) is 12.0 Å². The first kappa shape index (κ1) is 19.5. The number of ether oxygens (including phenoxy) is 1. The van der Waals surface area contributed by atoms with Crippen LogP contribution in [0, 0.1) is 12.8 Å². The highest BCUT2D eigenvalue weighted by Crippen LogP contribution is 2.38. The summed E-state index contributed by atoms with van der Waals surface area (Å²) in [4.78, 5) is 7.56. The number of anilines is 1. The van der Waals surface area contributed by atoms with E-state index < -0.39 is 0 Å². The molecule has 4 nitrogen and oxygen atoms in total. The molecule has 1 N–H and O–H groups in total. The second kappa shape index (κ2) is 8.28. The summed E-state index contributed by atoms with van der Waals surface area (Å²) in [5.74, 6) is 2.76. The fourth-order valence-electron chi connectivity index (χ4n) is 4.75. The maximum Gasteiger partial charge on any atom is 0.130 e. The van der Waals surface area contributed by atoms with E-state index in [9.17, 15) is 0 Å². The van der Waals surface area contributed by atoms with E-state index in [1.54, 1.807) is 0 Å². The normalized spacial score (nSPS) is 19.5. The third-order valence-electron chi connectivity index (χ3n) is 6.11. The molecule has 2 heterocycles. The molecular weight excluding hydrogens is 346 g/mol. The lowest BCUT2D eigenvalue weighted by atomic mass is 10.0. The van der Waals surface area contributed by atoms with Gasteiger partial charge in [-0.2, -0.15) is 0 Å². The van der Waals surface area contributed by atoms with Crippen molar-refractivity contribution in [1.29, 1.82) is 0 Å². The molecule has 28 heavy (non-hydrogen) atoms. The molecule has 0 spiro atoms. The van der Waals surface area contributed by atoms with Gasteiger partial charge in [0.25, 0.3) is 0 Å². The Hall–Kier alpha value is -1.81. The van der Waals surface area contributed by atoms with Gasteiger partial charge in [-0.05, 0) is 94.6 Å². The van der Waals surface area contributed by atoms with Crippen LogP contribution in [0.4, 0.5) is 5.82 Å². The fraction of sp³-hybridized carbons (Fsp3) is 0.625. The van der Waals surface area contributed by atoms with Crippen molar-refractivity contribution in [3.8, 4) is 5.75 Å². The van der Waals surface area contributed by atoms with Crippen LogP contribution in [-0.4, -0.2) is 42.2 Å². The minimum Gasteiger partial charge on any atom is -0.493 e. The van der Waals surface area contributed by atoms with Crippen molar-refractivity contribution in [2.75, 3.05) is 31.6 Å². The molecule has 1 aliphatic heterocycles. The van der Waals surface area contributed by atoms with Gasteiger partial charge >= 0.3 is 0 Å². The minimum atomic E-state index is 0.386. The van der Waals surface area contributed by atoms with Crippen LogP contribution in [0.1, 0.15) is 56.7 Å². The zero-order chi connectivity index (χ0) is 19.7. The van der Waals surface area contributed by atoms with Gasteiger partial charge in [0.2, 0.25) is 0 Å². The molecule has 1 atom stereocenters. The highest BCUT2D eigenvalue weighted by Gasteiger charge is 2.25. The van der Waals surface area contributed by atoms with Gasteiger partial charge in [0, 0.05) is 24.0 Å². The van der Waals surface area contributed by atoms with Crippen molar-refractivity contribution in [3.05, 3.63) is 28.8 Å². The number of rotatable bonds is 7. The predicted molar refractivity (Wildman–Crippen MR) is 118 cm³/mol. The largest absolute Gasteiger partial charge is 0.493 e. The van der Waals surface area contributed by atoms with Gasteiger partial charge in [-0.1, -0.05) is 6.92 Å². The molecule has 1 aromatic heterocycles. The predicted octanol–water partition coefficient (Wildman–Crippen LogP) is 4.96. The highest BCUT2D eigenvalue weighted by molar-refractivity contribution is 5.88. The Kier molecular flexibility index (Phi) is 5.77. The summed E-state index contributed by atoms with van der Waals surface area (Å²) in [6, 6.07) is 4.85. The topological polar surface area (TPSA) is 37.4 Å². The van der Waals surface area contributed by atoms with Crippen molar-refractivity contribution < 1.29 is 4.74 Å². The zero-order valence-electron chi connectivity index (χ0n) is 18.0. The lowest BCUT2D eigenvalue weighted by molar-refractivity contribution is 0.262. The lowest BCUT2D eigenvalue weighted by Gasteiger charge is -2.18. The van der Waals surface area contributed by atoms with Crippen molar-refractivity contribution in [3.63, 3.8) is 0 Å². The van der Waals surface area contributed by atoms with Crippen molar-refractivity contribution in [2.45, 2.75) is 65.8 Å². The second-order valence-corrected chi connectivity index (χ2v) is 9.12. The molecule has 0 saturated carbocycles. The zero-order valence-corrected chi connectivity index (χ0v) is 18.0. The number of aryl methyl sites for hydroxylation is 1. The summed E-state index contributed by atoms with van der Waals surface area (Å²) in [5.41, 5.74) is 5.20. The highest BCUT2D eigenvalue weighted by atomic mass is 16.5. The molecule has 4 rings (SSSR count). The summed E-state index contributed by atoms with van der Waals surface area (Å²) in [6.45, 7) is 13.3. The SMILES string of the molecule is Cc1cc2c3c(c(NC(C)C)nc2cc1OCCCN1CCCC1)CC(C)C3. The maximum absolute atomic E-state index is 6.18. The van der Waals surface area contributed by atoms with Crippen LogP contribution in [0.5, 0.6) is 5.75 Å². The van der Waals surface area contributed by atoms with E-state index in [0.717, 1.165) is 49.5 Å². The van der Waals surface area contributed by atoms with Gasteiger partial charge in [0.05, 0.1) is 12.1 Å². The first-order valence-corrected chi connectivity index (χ1v) is 11.1. The Bertz CT molecular complexity index is 840. The number of fused-ring (bicyclic) bond motifs is 3.